The average Bonchev–Trinajstić information content (AvgIpc) is 2.36. The fraction of sp³-hybridized carbons (Fsp3) is 0.571. The van der Waals surface area contributed by atoms with Crippen molar-refractivity contribution >= 4 is 21.4 Å². The zero-order valence-electron chi connectivity index (χ0n) is 11.7. The molecule has 0 saturated carbocycles. The molecule has 1 atom stereocenters. The van der Waals surface area contributed by atoms with Crippen LogP contribution in [0.2, 0.25) is 5.02 Å². The van der Waals surface area contributed by atoms with Crippen molar-refractivity contribution in [2.45, 2.75) is 32.7 Å². The maximum absolute atomic E-state index is 11.5. The molecule has 1 rings (SSSR count). The van der Waals surface area contributed by atoms with Crippen LogP contribution in [0.1, 0.15) is 36.9 Å². The molecule has 1 aromatic carbocycles. The summed E-state index contributed by atoms with van der Waals surface area (Å²) in [6, 6.07) is 6.06. The Balaban J connectivity index is 2.68. The van der Waals surface area contributed by atoms with Gasteiger partial charge in [0.05, 0.1) is 5.75 Å². The van der Waals surface area contributed by atoms with Crippen molar-refractivity contribution in [3.05, 3.63) is 34.3 Å². The Morgan fingerprint density at radius 1 is 1.37 bits per heavy atom. The fourth-order valence-electron chi connectivity index (χ4n) is 2.02. The van der Waals surface area contributed by atoms with Crippen molar-refractivity contribution in [3.63, 3.8) is 0 Å². The van der Waals surface area contributed by atoms with Gasteiger partial charge in [-0.25, -0.2) is 8.42 Å². The fourth-order valence-corrected chi connectivity index (χ4v) is 3.28. The summed E-state index contributed by atoms with van der Waals surface area (Å²) < 4.78 is 22.9. The number of rotatable bonds is 7. The van der Waals surface area contributed by atoms with Gasteiger partial charge in [-0.05, 0) is 44.0 Å². The lowest BCUT2D eigenvalue weighted by molar-refractivity contribution is 0.535. The van der Waals surface area contributed by atoms with Crippen LogP contribution in [0.4, 0.5) is 0 Å². The highest BCUT2D eigenvalue weighted by Crippen LogP contribution is 2.27. The normalized spacial score (nSPS) is 13.5. The predicted molar refractivity (Wildman–Crippen MR) is 81.6 cm³/mol. The monoisotopic (exact) mass is 303 g/mol. The van der Waals surface area contributed by atoms with Gasteiger partial charge >= 0.3 is 0 Å². The van der Waals surface area contributed by atoms with Crippen LogP contribution in [0.3, 0.4) is 0 Å². The van der Waals surface area contributed by atoms with Crippen LogP contribution >= 0.6 is 11.6 Å². The minimum Gasteiger partial charge on any atom is -0.313 e. The first-order valence-corrected chi connectivity index (χ1v) is 8.73. The number of hydrogen-bond donors (Lipinski definition) is 1. The van der Waals surface area contributed by atoms with Gasteiger partial charge in [-0.2, -0.15) is 0 Å². The third-order valence-corrected chi connectivity index (χ3v) is 5.39. The Morgan fingerprint density at radius 2 is 2.05 bits per heavy atom. The van der Waals surface area contributed by atoms with E-state index in [0.717, 1.165) is 22.6 Å². The summed E-state index contributed by atoms with van der Waals surface area (Å²) >= 11 is 6.24. The summed E-state index contributed by atoms with van der Waals surface area (Å²) in [7, 11) is -1.01. The summed E-state index contributed by atoms with van der Waals surface area (Å²) in [6.45, 7) is 3.68. The van der Waals surface area contributed by atoms with E-state index in [4.69, 9.17) is 11.6 Å². The lowest BCUT2D eigenvalue weighted by atomic mass is 10.0. The van der Waals surface area contributed by atoms with Gasteiger partial charge in [-0.15, -0.1) is 0 Å². The van der Waals surface area contributed by atoms with Gasteiger partial charge in [0.2, 0.25) is 0 Å². The lowest BCUT2D eigenvalue weighted by Crippen LogP contribution is -2.18. The number of sulfone groups is 1. The van der Waals surface area contributed by atoms with Crippen molar-refractivity contribution in [3.8, 4) is 0 Å². The molecule has 0 amide bonds. The first kappa shape index (κ1) is 16.5. The average molecular weight is 304 g/mol. The van der Waals surface area contributed by atoms with E-state index >= 15 is 0 Å². The van der Waals surface area contributed by atoms with E-state index in [1.807, 2.05) is 32.2 Å². The van der Waals surface area contributed by atoms with Gasteiger partial charge < -0.3 is 5.32 Å². The van der Waals surface area contributed by atoms with Gasteiger partial charge in [-0.3, -0.25) is 0 Å². The van der Waals surface area contributed by atoms with E-state index in [-0.39, 0.29) is 17.5 Å². The Labute approximate surface area is 121 Å². The van der Waals surface area contributed by atoms with Crippen LogP contribution < -0.4 is 5.32 Å². The van der Waals surface area contributed by atoms with Crippen molar-refractivity contribution in [1.29, 1.82) is 0 Å². The summed E-state index contributed by atoms with van der Waals surface area (Å²) in [4.78, 5) is 0. The minimum absolute atomic E-state index is 0.0974. The second kappa shape index (κ2) is 7.27. The second-order valence-electron chi connectivity index (χ2n) is 4.74. The predicted octanol–water partition coefficient (Wildman–Crippen LogP) is 3.12. The topological polar surface area (TPSA) is 46.2 Å². The summed E-state index contributed by atoms with van der Waals surface area (Å²) in [5.74, 6) is 0.452. The van der Waals surface area contributed by atoms with E-state index in [1.165, 1.54) is 0 Å². The highest BCUT2D eigenvalue weighted by molar-refractivity contribution is 7.91. The molecule has 0 radical (unpaired) electrons. The van der Waals surface area contributed by atoms with Crippen LogP contribution in [-0.4, -0.2) is 27.0 Å². The van der Waals surface area contributed by atoms with E-state index in [9.17, 15) is 8.42 Å². The summed E-state index contributed by atoms with van der Waals surface area (Å²) in [5.41, 5.74) is 2.15. The number of halogens is 1. The summed E-state index contributed by atoms with van der Waals surface area (Å²) in [5, 5.41) is 3.94. The van der Waals surface area contributed by atoms with Gasteiger partial charge in [-0.1, -0.05) is 30.7 Å². The molecule has 0 spiro atoms. The Morgan fingerprint density at radius 3 is 2.58 bits per heavy atom. The van der Waals surface area contributed by atoms with Crippen LogP contribution in [0.15, 0.2) is 18.2 Å². The molecule has 0 fully saturated rings. The first-order chi connectivity index (χ1) is 8.89. The highest BCUT2D eigenvalue weighted by Gasteiger charge is 2.14. The molecule has 19 heavy (non-hydrogen) atoms. The molecule has 1 aromatic rings. The quantitative estimate of drug-likeness (QED) is 0.842. The molecule has 0 bridgehead atoms. The van der Waals surface area contributed by atoms with Crippen LogP contribution in [-0.2, 0) is 9.84 Å². The van der Waals surface area contributed by atoms with Crippen LogP contribution in [0.5, 0.6) is 0 Å². The molecule has 1 unspecified atom stereocenters. The standard InChI is InChI=1S/C14H22ClNO2S/c1-4-19(17,18)9-5-6-14(16-3)12-8-7-11(2)10-13(12)15/h7-8,10,14,16H,4-6,9H2,1-3H3. The van der Waals surface area contributed by atoms with Crippen molar-refractivity contribution in [1.82, 2.24) is 5.32 Å². The van der Waals surface area contributed by atoms with Gasteiger partial charge in [0, 0.05) is 16.8 Å². The minimum atomic E-state index is -2.88. The second-order valence-corrected chi connectivity index (χ2v) is 7.62. The number of benzene rings is 1. The SMILES string of the molecule is CCS(=O)(=O)CCCC(NC)c1ccc(C)cc1Cl. The Hall–Kier alpha value is -0.580. The van der Waals surface area contributed by atoms with E-state index in [2.05, 4.69) is 5.32 Å². The molecular formula is C14H22ClNO2S. The van der Waals surface area contributed by atoms with Gasteiger partial charge in [0.25, 0.3) is 0 Å². The number of nitrogens with one attached hydrogen (secondary N) is 1. The maximum Gasteiger partial charge on any atom is 0.150 e. The molecule has 5 heteroatoms. The van der Waals surface area contributed by atoms with Crippen LogP contribution in [0, 0.1) is 6.92 Å². The Kier molecular flexibility index (Phi) is 6.30. The van der Waals surface area contributed by atoms with E-state index in [1.54, 1.807) is 6.92 Å². The largest absolute Gasteiger partial charge is 0.313 e. The van der Waals surface area contributed by atoms with Crippen molar-refractivity contribution < 1.29 is 8.42 Å². The number of hydrogen-bond acceptors (Lipinski definition) is 3. The third-order valence-electron chi connectivity index (χ3n) is 3.27. The molecule has 0 aliphatic rings. The lowest BCUT2D eigenvalue weighted by Gasteiger charge is -2.18. The smallest absolute Gasteiger partial charge is 0.150 e. The molecule has 3 nitrogen and oxygen atoms in total. The van der Waals surface area contributed by atoms with Crippen molar-refractivity contribution in [2.75, 3.05) is 18.6 Å². The zero-order valence-corrected chi connectivity index (χ0v) is 13.3. The van der Waals surface area contributed by atoms with Gasteiger partial charge in [0.1, 0.15) is 9.84 Å². The molecule has 0 heterocycles. The molecule has 1 N–H and O–H groups in total. The van der Waals surface area contributed by atoms with E-state index < -0.39 is 9.84 Å². The van der Waals surface area contributed by atoms with Gasteiger partial charge in [0.15, 0.2) is 0 Å². The van der Waals surface area contributed by atoms with E-state index in [0.29, 0.717) is 6.42 Å². The molecule has 0 aromatic heterocycles. The van der Waals surface area contributed by atoms with Crippen LogP contribution in [0.25, 0.3) is 0 Å². The van der Waals surface area contributed by atoms with Crippen molar-refractivity contribution in [2.24, 2.45) is 0 Å². The molecule has 108 valence electrons. The number of aryl methyl sites for hydroxylation is 1. The zero-order chi connectivity index (χ0) is 14.5. The first-order valence-electron chi connectivity index (χ1n) is 6.53. The Bertz CT molecular complexity index is 514. The molecule has 0 saturated heterocycles. The summed E-state index contributed by atoms with van der Waals surface area (Å²) in [6.07, 6.45) is 1.41. The third kappa shape index (κ3) is 5.13. The maximum atomic E-state index is 11.5. The molecule has 0 aliphatic carbocycles. The highest BCUT2D eigenvalue weighted by atomic mass is 35.5. The molecular weight excluding hydrogens is 282 g/mol. The molecule has 0 aliphatic heterocycles.